The van der Waals surface area contributed by atoms with E-state index in [0.29, 0.717) is 5.56 Å². The van der Waals surface area contributed by atoms with Crippen LogP contribution < -0.4 is 0 Å². The molecule has 1 aromatic carbocycles. The van der Waals surface area contributed by atoms with Crippen molar-refractivity contribution >= 4 is 69.3 Å². The lowest BCUT2D eigenvalue weighted by Crippen LogP contribution is -1.88. The van der Waals surface area contributed by atoms with Crippen molar-refractivity contribution in [3.8, 4) is 17.2 Å². The van der Waals surface area contributed by atoms with E-state index >= 15 is 0 Å². The highest BCUT2D eigenvalue weighted by molar-refractivity contribution is 7.10. The van der Waals surface area contributed by atoms with E-state index < -0.39 is 0 Å². The Hall–Kier alpha value is -0.140. The molecular weight excluding hydrogens is 367 g/mol. The van der Waals surface area contributed by atoms with Crippen molar-refractivity contribution in [2.75, 3.05) is 0 Å². The maximum atomic E-state index is 8.82. The Kier molecular flexibility index (Phi) is 4.89. The van der Waals surface area contributed by atoms with Gasteiger partial charge in [-0.2, -0.15) is 5.26 Å². The zero-order chi connectivity index (χ0) is 14.2. The van der Waals surface area contributed by atoms with Crippen LogP contribution in [0.15, 0.2) is 11.4 Å². The van der Waals surface area contributed by atoms with Crippen LogP contribution in [0.3, 0.4) is 0 Å². The minimum Gasteiger partial charge on any atom is -0.198 e. The smallest absolute Gasteiger partial charge is 0.0809 e. The summed E-state index contributed by atoms with van der Waals surface area (Å²) in [6.45, 7) is 0. The fraction of sp³-hybridized carbons (Fsp3) is 0.0833. The molecule has 2 rings (SSSR count). The van der Waals surface area contributed by atoms with Crippen molar-refractivity contribution in [3.63, 3.8) is 0 Å². The largest absolute Gasteiger partial charge is 0.198 e. The van der Waals surface area contributed by atoms with Crippen LogP contribution in [0.5, 0.6) is 0 Å². The molecule has 0 fully saturated rings. The Labute approximate surface area is 139 Å². The van der Waals surface area contributed by atoms with E-state index in [2.05, 4.69) is 6.07 Å². The molecule has 0 atom stereocenters. The lowest BCUT2D eigenvalue weighted by molar-refractivity contribution is 1.32. The van der Waals surface area contributed by atoms with Gasteiger partial charge in [0.15, 0.2) is 0 Å². The van der Waals surface area contributed by atoms with Crippen molar-refractivity contribution in [1.29, 1.82) is 5.26 Å². The molecule has 0 aliphatic carbocycles. The van der Waals surface area contributed by atoms with Gasteiger partial charge < -0.3 is 0 Å². The lowest BCUT2D eigenvalue weighted by Gasteiger charge is -2.12. The Morgan fingerprint density at radius 2 is 1.47 bits per heavy atom. The highest BCUT2D eigenvalue weighted by atomic mass is 35.5. The predicted octanol–water partition coefficient (Wildman–Crippen LogP) is 6.75. The van der Waals surface area contributed by atoms with Crippen molar-refractivity contribution in [3.05, 3.63) is 41.4 Å². The van der Waals surface area contributed by atoms with Crippen LogP contribution in [0, 0.1) is 11.3 Å². The Morgan fingerprint density at radius 3 is 2.00 bits per heavy atom. The Bertz CT molecular complexity index is 657. The zero-order valence-corrected chi connectivity index (χ0v) is 13.7. The number of benzene rings is 1. The zero-order valence-electron chi connectivity index (χ0n) is 9.11. The summed E-state index contributed by atoms with van der Waals surface area (Å²) in [5.74, 6) is 0. The predicted molar refractivity (Wildman–Crippen MR) is 84.1 cm³/mol. The molecule has 1 nitrogen and oxygen atoms in total. The molecule has 0 saturated heterocycles. The molecule has 0 saturated carbocycles. The quantitative estimate of drug-likeness (QED) is 0.423. The van der Waals surface area contributed by atoms with Crippen molar-refractivity contribution < 1.29 is 0 Å². The second kappa shape index (κ2) is 6.10. The molecule has 7 heteroatoms. The van der Waals surface area contributed by atoms with Crippen LogP contribution >= 0.6 is 69.3 Å². The van der Waals surface area contributed by atoms with E-state index in [-0.39, 0.29) is 31.5 Å². The molecule has 0 bridgehead atoms. The second-order valence-corrected chi connectivity index (χ2v) is 6.43. The first-order valence-corrected chi connectivity index (χ1v) is 7.71. The van der Waals surface area contributed by atoms with E-state index in [4.69, 9.17) is 63.3 Å². The van der Waals surface area contributed by atoms with Crippen LogP contribution in [-0.4, -0.2) is 0 Å². The van der Waals surface area contributed by atoms with E-state index in [9.17, 15) is 0 Å². The second-order valence-electron chi connectivity index (χ2n) is 3.54. The van der Waals surface area contributed by atoms with Gasteiger partial charge in [-0.1, -0.05) is 58.0 Å². The molecule has 0 N–H and O–H groups in total. The summed E-state index contributed by atoms with van der Waals surface area (Å²) in [7, 11) is 0. The van der Waals surface area contributed by atoms with Gasteiger partial charge in [0.2, 0.25) is 0 Å². The molecule has 0 amide bonds. The summed E-state index contributed by atoms with van der Waals surface area (Å²) < 4.78 is 0. The summed E-state index contributed by atoms with van der Waals surface area (Å²) in [5.41, 5.74) is 1.26. The highest BCUT2D eigenvalue weighted by Crippen LogP contribution is 2.49. The molecule has 1 heterocycles. The van der Waals surface area contributed by atoms with Gasteiger partial charge in [-0.05, 0) is 17.0 Å². The van der Waals surface area contributed by atoms with Gasteiger partial charge in [0.1, 0.15) is 0 Å². The monoisotopic (exact) mass is 369 g/mol. The maximum Gasteiger partial charge on any atom is 0.0809 e. The summed E-state index contributed by atoms with van der Waals surface area (Å²) in [5, 5.41) is 11.6. The normalized spacial score (nSPS) is 10.5. The third-order valence-corrected chi connectivity index (χ3v) is 5.66. The van der Waals surface area contributed by atoms with Gasteiger partial charge in [-0.3, -0.25) is 0 Å². The average Bonchev–Trinajstić information content (AvgIpc) is 2.83. The highest BCUT2D eigenvalue weighted by Gasteiger charge is 2.22. The molecule has 0 aliphatic rings. The fourth-order valence-corrected chi connectivity index (χ4v) is 3.77. The van der Waals surface area contributed by atoms with Crippen LogP contribution in [-0.2, 0) is 6.42 Å². The van der Waals surface area contributed by atoms with Crippen molar-refractivity contribution in [1.82, 2.24) is 0 Å². The number of hydrogen-bond acceptors (Lipinski definition) is 2. The van der Waals surface area contributed by atoms with Crippen LogP contribution in [0.1, 0.15) is 4.88 Å². The number of halogens is 5. The minimum atomic E-state index is 0.124. The molecule has 19 heavy (non-hydrogen) atoms. The number of nitrogens with zero attached hydrogens (tertiary/aromatic N) is 1. The third kappa shape index (κ3) is 2.69. The molecule has 1 aromatic heterocycles. The van der Waals surface area contributed by atoms with Crippen LogP contribution in [0.4, 0.5) is 0 Å². The van der Waals surface area contributed by atoms with Gasteiger partial charge in [-0.15, -0.1) is 11.3 Å². The number of hydrogen-bond donors (Lipinski definition) is 0. The molecule has 0 aliphatic heterocycles. The van der Waals surface area contributed by atoms with E-state index in [1.807, 2.05) is 11.4 Å². The molecule has 0 unspecified atom stereocenters. The summed E-state index contributed by atoms with van der Waals surface area (Å²) in [6.07, 6.45) is 0.261. The Morgan fingerprint density at radius 1 is 0.947 bits per heavy atom. The molecule has 0 radical (unpaired) electrons. The minimum absolute atomic E-state index is 0.124. The standard InChI is InChI=1S/C12H4Cl5NS/c13-8-7(5-2-4-19-6(5)1-3-18)9(14)11(16)12(17)10(8)15/h2,4H,1H2. The lowest BCUT2D eigenvalue weighted by atomic mass is 10.1. The van der Waals surface area contributed by atoms with Crippen molar-refractivity contribution in [2.24, 2.45) is 0 Å². The average molecular weight is 372 g/mol. The van der Waals surface area contributed by atoms with Crippen LogP contribution in [0.25, 0.3) is 11.1 Å². The van der Waals surface area contributed by atoms with E-state index in [1.54, 1.807) is 0 Å². The Balaban J connectivity index is 2.76. The maximum absolute atomic E-state index is 8.82. The molecule has 98 valence electrons. The first kappa shape index (κ1) is 15.3. The summed E-state index contributed by atoms with van der Waals surface area (Å²) in [4.78, 5) is 0.848. The van der Waals surface area contributed by atoms with Crippen LogP contribution in [0.2, 0.25) is 25.1 Å². The number of thiophene rings is 1. The molecule has 0 spiro atoms. The van der Waals surface area contributed by atoms with Gasteiger partial charge >= 0.3 is 0 Å². The first-order valence-electron chi connectivity index (χ1n) is 4.94. The topological polar surface area (TPSA) is 23.8 Å². The van der Waals surface area contributed by atoms with Gasteiger partial charge in [0.25, 0.3) is 0 Å². The SMILES string of the molecule is N#CCc1sccc1-c1c(Cl)c(Cl)c(Cl)c(Cl)c1Cl. The third-order valence-electron chi connectivity index (χ3n) is 2.46. The summed E-state index contributed by atoms with van der Waals surface area (Å²) >= 11 is 31.9. The van der Waals surface area contributed by atoms with Gasteiger partial charge in [0, 0.05) is 10.4 Å². The number of nitriles is 1. The van der Waals surface area contributed by atoms with E-state index in [0.717, 1.165) is 10.4 Å². The van der Waals surface area contributed by atoms with E-state index in [1.165, 1.54) is 11.3 Å². The molecular formula is C12H4Cl5NS. The summed E-state index contributed by atoms with van der Waals surface area (Å²) in [6, 6.07) is 3.92. The van der Waals surface area contributed by atoms with Gasteiger partial charge in [-0.25, -0.2) is 0 Å². The number of rotatable bonds is 2. The van der Waals surface area contributed by atoms with Gasteiger partial charge in [0.05, 0.1) is 37.6 Å². The first-order chi connectivity index (χ1) is 8.99. The fourth-order valence-electron chi connectivity index (χ4n) is 1.61. The molecule has 2 aromatic rings. The van der Waals surface area contributed by atoms with Crippen molar-refractivity contribution in [2.45, 2.75) is 6.42 Å².